The van der Waals surface area contributed by atoms with Crippen molar-refractivity contribution in [3.8, 4) is 5.75 Å². The second kappa shape index (κ2) is 8.29. The van der Waals surface area contributed by atoms with E-state index in [9.17, 15) is 9.59 Å². The van der Waals surface area contributed by atoms with E-state index in [1.54, 1.807) is 18.2 Å². The fourth-order valence-electron chi connectivity index (χ4n) is 3.50. The standard InChI is InChI=1S/C23H24ClNO4/c1-15-9-10-18(24)20(11-15)28-14-22(27)29-13-16(26)12-21-23(2,3)17-7-5-6-8-19(17)25(21)4/h5-12H,13-14H2,1-4H3. The summed E-state index contributed by atoms with van der Waals surface area (Å²) in [5, 5.41) is 0.412. The van der Waals surface area contributed by atoms with Gasteiger partial charge in [-0.3, -0.25) is 4.79 Å². The minimum absolute atomic E-state index is 0.283. The summed E-state index contributed by atoms with van der Waals surface area (Å²) >= 11 is 6.04. The number of halogens is 1. The first-order valence-electron chi connectivity index (χ1n) is 9.33. The molecule has 3 rings (SSSR count). The molecule has 0 spiro atoms. The molecule has 152 valence electrons. The van der Waals surface area contributed by atoms with Gasteiger partial charge in [-0.15, -0.1) is 0 Å². The summed E-state index contributed by atoms with van der Waals surface area (Å²) in [6, 6.07) is 13.3. The van der Waals surface area contributed by atoms with Crippen LogP contribution in [0.3, 0.4) is 0 Å². The topological polar surface area (TPSA) is 55.8 Å². The van der Waals surface area contributed by atoms with E-state index in [1.807, 2.05) is 43.1 Å². The van der Waals surface area contributed by atoms with Crippen LogP contribution in [0, 0.1) is 6.92 Å². The maximum atomic E-state index is 12.4. The monoisotopic (exact) mass is 413 g/mol. The molecule has 0 radical (unpaired) electrons. The van der Waals surface area contributed by atoms with Crippen molar-refractivity contribution in [2.75, 3.05) is 25.2 Å². The number of hydrogen-bond acceptors (Lipinski definition) is 5. The first-order chi connectivity index (χ1) is 13.7. The van der Waals surface area contributed by atoms with E-state index in [-0.39, 0.29) is 24.4 Å². The van der Waals surface area contributed by atoms with Crippen molar-refractivity contribution >= 4 is 29.0 Å². The molecular formula is C23H24ClNO4. The second-order valence-electron chi connectivity index (χ2n) is 7.58. The highest BCUT2D eigenvalue weighted by Crippen LogP contribution is 2.46. The average Bonchev–Trinajstić information content (AvgIpc) is 2.88. The van der Waals surface area contributed by atoms with Crippen LogP contribution in [-0.2, 0) is 19.7 Å². The Morgan fingerprint density at radius 2 is 1.86 bits per heavy atom. The average molecular weight is 414 g/mol. The third kappa shape index (κ3) is 4.46. The lowest BCUT2D eigenvalue weighted by atomic mass is 9.83. The zero-order valence-corrected chi connectivity index (χ0v) is 17.7. The van der Waals surface area contributed by atoms with Crippen LogP contribution in [-0.4, -0.2) is 32.0 Å². The number of benzene rings is 2. The molecule has 0 atom stereocenters. The number of rotatable bonds is 6. The first kappa shape index (κ1) is 20.9. The Morgan fingerprint density at radius 1 is 1.14 bits per heavy atom. The summed E-state index contributed by atoms with van der Waals surface area (Å²) in [7, 11) is 1.93. The summed E-state index contributed by atoms with van der Waals surface area (Å²) in [6.07, 6.45) is 1.55. The van der Waals surface area contributed by atoms with Crippen molar-refractivity contribution in [2.45, 2.75) is 26.2 Å². The second-order valence-corrected chi connectivity index (χ2v) is 7.99. The Labute approximate surface area is 175 Å². The molecule has 0 saturated carbocycles. The number of aryl methyl sites for hydroxylation is 1. The van der Waals surface area contributed by atoms with Gasteiger partial charge in [-0.1, -0.05) is 49.7 Å². The van der Waals surface area contributed by atoms with Gasteiger partial charge in [0.25, 0.3) is 0 Å². The van der Waals surface area contributed by atoms with Crippen molar-refractivity contribution in [1.82, 2.24) is 0 Å². The zero-order valence-electron chi connectivity index (χ0n) is 17.0. The van der Waals surface area contributed by atoms with Crippen LogP contribution in [0.4, 0.5) is 5.69 Å². The fourth-order valence-corrected chi connectivity index (χ4v) is 3.68. The number of para-hydroxylation sites is 1. The Balaban J connectivity index is 1.58. The smallest absolute Gasteiger partial charge is 0.344 e. The largest absolute Gasteiger partial charge is 0.480 e. The highest BCUT2D eigenvalue weighted by Gasteiger charge is 2.38. The molecule has 29 heavy (non-hydrogen) atoms. The summed E-state index contributed by atoms with van der Waals surface area (Å²) in [6.45, 7) is 5.38. The molecule has 0 fully saturated rings. The van der Waals surface area contributed by atoms with Gasteiger partial charge in [0.1, 0.15) is 5.75 Å². The van der Waals surface area contributed by atoms with Crippen LogP contribution >= 0.6 is 11.6 Å². The van der Waals surface area contributed by atoms with Gasteiger partial charge in [0, 0.05) is 29.9 Å². The van der Waals surface area contributed by atoms with Crippen LogP contribution in [0.15, 0.2) is 54.2 Å². The van der Waals surface area contributed by atoms with E-state index in [2.05, 4.69) is 19.9 Å². The number of hydrogen-bond donors (Lipinski definition) is 0. The van der Waals surface area contributed by atoms with Gasteiger partial charge in [0.05, 0.1) is 5.02 Å². The van der Waals surface area contributed by atoms with E-state index >= 15 is 0 Å². The third-order valence-corrected chi connectivity index (χ3v) is 5.36. The molecule has 2 aromatic carbocycles. The molecule has 2 aromatic rings. The third-order valence-electron chi connectivity index (χ3n) is 5.05. The minimum Gasteiger partial charge on any atom is -0.480 e. The number of nitrogens with zero attached hydrogens (tertiary/aromatic N) is 1. The lowest BCUT2D eigenvalue weighted by Crippen LogP contribution is -2.25. The molecule has 6 heteroatoms. The fraction of sp³-hybridized carbons (Fsp3) is 0.304. The number of carbonyl (C=O) groups excluding carboxylic acids is 2. The molecule has 0 bridgehead atoms. The molecule has 1 heterocycles. The number of allylic oxidation sites excluding steroid dienone is 1. The van der Waals surface area contributed by atoms with Crippen molar-refractivity contribution in [2.24, 2.45) is 0 Å². The Morgan fingerprint density at radius 3 is 2.59 bits per heavy atom. The maximum Gasteiger partial charge on any atom is 0.344 e. The van der Waals surface area contributed by atoms with E-state index in [0.29, 0.717) is 10.8 Å². The zero-order chi connectivity index (χ0) is 21.2. The van der Waals surface area contributed by atoms with Crippen molar-refractivity contribution in [3.63, 3.8) is 0 Å². The molecule has 0 N–H and O–H groups in total. The van der Waals surface area contributed by atoms with E-state index in [1.165, 1.54) is 0 Å². The minimum atomic E-state index is -0.628. The lowest BCUT2D eigenvalue weighted by Gasteiger charge is -2.23. The van der Waals surface area contributed by atoms with Crippen LogP contribution in [0.25, 0.3) is 0 Å². The molecule has 0 aromatic heterocycles. The molecule has 0 aliphatic carbocycles. The van der Waals surface area contributed by atoms with Gasteiger partial charge >= 0.3 is 5.97 Å². The number of fused-ring (bicyclic) bond motifs is 1. The van der Waals surface area contributed by atoms with E-state index in [0.717, 1.165) is 22.5 Å². The number of ketones is 1. The van der Waals surface area contributed by atoms with Crippen molar-refractivity contribution < 1.29 is 19.1 Å². The number of likely N-dealkylation sites (N-methyl/N-ethyl adjacent to an activating group) is 1. The van der Waals surface area contributed by atoms with Gasteiger partial charge in [-0.25, -0.2) is 4.79 Å². The summed E-state index contributed by atoms with van der Waals surface area (Å²) < 4.78 is 10.5. The Bertz CT molecular complexity index is 981. The van der Waals surface area contributed by atoms with Gasteiger partial charge in [-0.2, -0.15) is 0 Å². The van der Waals surface area contributed by atoms with Crippen LogP contribution < -0.4 is 9.64 Å². The molecule has 0 amide bonds. The molecule has 1 aliphatic heterocycles. The molecule has 0 unspecified atom stereocenters. The van der Waals surface area contributed by atoms with Crippen molar-refractivity contribution in [1.29, 1.82) is 0 Å². The van der Waals surface area contributed by atoms with Gasteiger partial charge in [0.2, 0.25) is 0 Å². The van der Waals surface area contributed by atoms with Gasteiger partial charge in [-0.05, 0) is 36.2 Å². The summed E-state index contributed by atoms with van der Waals surface area (Å²) in [4.78, 5) is 26.4. The highest BCUT2D eigenvalue weighted by atomic mass is 35.5. The predicted octanol–water partition coefficient (Wildman–Crippen LogP) is 4.45. The van der Waals surface area contributed by atoms with Crippen LogP contribution in [0.5, 0.6) is 5.75 Å². The first-order valence-corrected chi connectivity index (χ1v) is 9.71. The molecular weight excluding hydrogens is 390 g/mol. The lowest BCUT2D eigenvalue weighted by molar-refractivity contribution is -0.148. The van der Waals surface area contributed by atoms with Crippen LogP contribution in [0.2, 0.25) is 5.02 Å². The normalized spacial score (nSPS) is 15.9. The number of anilines is 1. The van der Waals surface area contributed by atoms with Crippen molar-refractivity contribution in [3.05, 3.63) is 70.4 Å². The summed E-state index contributed by atoms with van der Waals surface area (Å²) in [5.41, 5.74) is 3.74. The highest BCUT2D eigenvalue weighted by molar-refractivity contribution is 6.32. The predicted molar refractivity (Wildman–Crippen MR) is 114 cm³/mol. The Kier molecular flexibility index (Phi) is 5.99. The SMILES string of the molecule is Cc1ccc(Cl)c(OCC(=O)OCC(=O)C=C2N(C)c3ccccc3C2(C)C)c1. The van der Waals surface area contributed by atoms with E-state index in [4.69, 9.17) is 21.1 Å². The Hall–Kier alpha value is -2.79. The van der Waals surface area contributed by atoms with Gasteiger partial charge < -0.3 is 14.4 Å². The summed E-state index contributed by atoms with van der Waals surface area (Å²) in [5.74, 6) is -0.504. The van der Waals surface area contributed by atoms with Crippen LogP contribution in [0.1, 0.15) is 25.0 Å². The molecule has 1 aliphatic rings. The quantitative estimate of drug-likeness (QED) is 0.517. The maximum absolute atomic E-state index is 12.4. The number of ether oxygens (including phenoxy) is 2. The van der Waals surface area contributed by atoms with E-state index < -0.39 is 5.97 Å². The number of carbonyl (C=O) groups is 2. The molecule has 0 saturated heterocycles. The van der Waals surface area contributed by atoms with Gasteiger partial charge in [0.15, 0.2) is 19.0 Å². The molecule has 5 nitrogen and oxygen atoms in total. The number of esters is 1.